The van der Waals surface area contributed by atoms with Crippen molar-refractivity contribution in [2.45, 2.75) is 20.4 Å². The Labute approximate surface area is 160 Å². The second-order valence-electron chi connectivity index (χ2n) is 5.89. The number of thiazole rings is 1. The van der Waals surface area contributed by atoms with Crippen molar-refractivity contribution < 1.29 is 19.1 Å². The van der Waals surface area contributed by atoms with Crippen LogP contribution < -0.4 is 9.54 Å². The highest BCUT2D eigenvalue weighted by atomic mass is 32.1. The standard InChI is InChI=1S/C20H20N2O4S/c1-4-26-18(23)12-22-16-10-5-13(2)11-17(16)27-20(22)21-19(24)14-6-8-15(25-3)9-7-14/h5-11H,4,12H2,1-3H3. The third-order valence-electron chi connectivity index (χ3n) is 3.96. The zero-order chi connectivity index (χ0) is 19.4. The number of ether oxygens (including phenoxy) is 2. The average Bonchev–Trinajstić information content (AvgIpc) is 2.98. The summed E-state index contributed by atoms with van der Waals surface area (Å²) in [7, 11) is 1.57. The number of aryl methyl sites for hydroxylation is 1. The third kappa shape index (κ3) is 4.25. The highest BCUT2D eigenvalue weighted by Crippen LogP contribution is 2.19. The van der Waals surface area contributed by atoms with Crippen molar-refractivity contribution >= 4 is 33.4 Å². The van der Waals surface area contributed by atoms with Crippen LogP contribution in [-0.2, 0) is 16.1 Å². The van der Waals surface area contributed by atoms with Crippen LogP contribution in [0.15, 0.2) is 47.5 Å². The first kappa shape index (κ1) is 18.8. The van der Waals surface area contributed by atoms with Crippen LogP contribution in [0.4, 0.5) is 0 Å². The molecule has 0 aliphatic rings. The summed E-state index contributed by atoms with van der Waals surface area (Å²) in [6, 6.07) is 12.7. The lowest BCUT2D eigenvalue weighted by Gasteiger charge is -2.05. The van der Waals surface area contributed by atoms with Gasteiger partial charge in [0.15, 0.2) is 4.80 Å². The van der Waals surface area contributed by atoms with Gasteiger partial charge in [0.2, 0.25) is 0 Å². The molecule has 0 atom stereocenters. The summed E-state index contributed by atoms with van der Waals surface area (Å²) in [5.41, 5.74) is 2.40. The molecule has 0 unspecified atom stereocenters. The molecule has 6 nitrogen and oxygen atoms in total. The quantitative estimate of drug-likeness (QED) is 0.633. The van der Waals surface area contributed by atoms with Crippen LogP contribution in [0.3, 0.4) is 0 Å². The van der Waals surface area contributed by atoms with E-state index in [4.69, 9.17) is 9.47 Å². The van der Waals surface area contributed by atoms with Crippen molar-refractivity contribution in [2.75, 3.05) is 13.7 Å². The van der Waals surface area contributed by atoms with Gasteiger partial charge < -0.3 is 14.0 Å². The smallest absolute Gasteiger partial charge is 0.326 e. The minimum Gasteiger partial charge on any atom is -0.497 e. The second kappa shape index (κ2) is 8.18. The second-order valence-corrected chi connectivity index (χ2v) is 6.90. The van der Waals surface area contributed by atoms with Gasteiger partial charge in [0.25, 0.3) is 5.91 Å². The number of rotatable bonds is 5. The Morgan fingerprint density at radius 2 is 1.89 bits per heavy atom. The van der Waals surface area contributed by atoms with E-state index in [1.165, 1.54) is 11.3 Å². The minimum absolute atomic E-state index is 0.00558. The Kier molecular flexibility index (Phi) is 5.71. The summed E-state index contributed by atoms with van der Waals surface area (Å²) in [5.74, 6) is -0.0732. The van der Waals surface area contributed by atoms with Crippen LogP contribution in [0.1, 0.15) is 22.8 Å². The summed E-state index contributed by atoms with van der Waals surface area (Å²) in [6.07, 6.45) is 0. The molecule has 0 spiro atoms. The number of nitrogens with zero attached hydrogens (tertiary/aromatic N) is 2. The van der Waals surface area contributed by atoms with Crippen molar-refractivity contribution in [3.63, 3.8) is 0 Å². The number of carbonyl (C=O) groups excluding carboxylic acids is 2. The molecule has 3 aromatic rings. The zero-order valence-corrected chi connectivity index (χ0v) is 16.2. The van der Waals surface area contributed by atoms with Gasteiger partial charge in [-0.25, -0.2) is 0 Å². The van der Waals surface area contributed by atoms with Crippen molar-refractivity contribution in [2.24, 2.45) is 4.99 Å². The van der Waals surface area contributed by atoms with Gasteiger partial charge in [-0.1, -0.05) is 17.4 Å². The molecule has 1 aromatic heterocycles. The molecule has 0 N–H and O–H groups in total. The van der Waals surface area contributed by atoms with Gasteiger partial charge in [0.05, 0.1) is 23.9 Å². The molecule has 0 bridgehead atoms. The van der Waals surface area contributed by atoms with E-state index >= 15 is 0 Å². The lowest BCUT2D eigenvalue weighted by Crippen LogP contribution is -2.23. The van der Waals surface area contributed by atoms with Gasteiger partial charge >= 0.3 is 5.97 Å². The molecule has 0 fully saturated rings. The molecule has 0 saturated carbocycles. The predicted octanol–water partition coefficient (Wildman–Crippen LogP) is 3.32. The molecule has 2 aromatic carbocycles. The van der Waals surface area contributed by atoms with E-state index in [9.17, 15) is 9.59 Å². The fourth-order valence-electron chi connectivity index (χ4n) is 2.64. The maximum Gasteiger partial charge on any atom is 0.326 e. The van der Waals surface area contributed by atoms with Crippen molar-refractivity contribution in [1.82, 2.24) is 4.57 Å². The molecule has 0 radical (unpaired) electrons. The number of hydrogen-bond donors (Lipinski definition) is 0. The van der Waals surface area contributed by atoms with E-state index in [1.54, 1.807) is 42.9 Å². The molecule has 140 valence electrons. The molecule has 0 saturated heterocycles. The molecular weight excluding hydrogens is 364 g/mol. The number of methoxy groups -OCH3 is 1. The first-order chi connectivity index (χ1) is 13.0. The van der Waals surface area contributed by atoms with Gasteiger partial charge in [-0.3, -0.25) is 9.59 Å². The number of aromatic nitrogens is 1. The molecule has 1 amide bonds. The molecule has 7 heteroatoms. The highest BCUT2D eigenvalue weighted by Gasteiger charge is 2.13. The molecule has 3 rings (SSSR count). The number of benzene rings is 2. The van der Waals surface area contributed by atoms with Crippen LogP contribution in [0.2, 0.25) is 0 Å². The maximum absolute atomic E-state index is 12.6. The molecule has 0 aliphatic carbocycles. The van der Waals surface area contributed by atoms with Crippen molar-refractivity contribution in [3.8, 4) is 5.75 Å². The van der Waals surface area contributed by atoms with E-state index in [0.717, 1.165) is 15.8 Å². The average molecular weight is 384 g/mol. The number of hydrogen-bond acceptors (Lipinski definition) is 5. The Balaban J connectivity index is 2.06. The minimum atomic E-state index is -0.376. The topological polar surface area (TPSA) is 69.9 Å². The summed E-state index contributed by atoms with van der Waals surface area (Å²) in [4.78, 5) is 29.3. The SMILES string of the molecule is CCOC(=O)Cn1c(=NC(=O)c2ccc(OC)cc2)sc2cc(C)ccc21. The number of fused-ring (bicyclic) bond motifs is 1. The fraction of sp³-hybridized carbons (Fsp3) is 0.250. The van der Waals surface area contributed by atoms with Gasteiger partial charge in [0, 0.05) is 5.56 Å². The van der Waals surface area contributed by atoms with E-state index < -0.39 is 0 Å². The highest BCUT2D eigenvalue weighted by molar-refractivity contribution is 7.16. The van der Waals surface area contributed by atoms with E-state index in [2.05, 4.69) is 4.99 Å². The van der Waals surface area contributed by atoms with Crippen molar-refractivity contribution in [3.05, 3.63) is 58.4 Å². The zero-order valence-electron chi connectivity index (χ0n) is 15.4. The first-order valence-electron chi connectivity index (χ1n) is 8.50. The molecule has 0 aliphatic heterocycles. The summed E-state index contributed by atoms with van der Waals surface area (Å²) in [5, 5.41) is 0. The largest absolute Gasteiger partial charge is 0.497 e. The van der Waals surface area contributed by atoms with Crippen LogP contribution in [0.5, 0.6) is 5.75 Å². The molecule has 1 heterocycles. The lowest BCUT2D eigenvalue weighted by molar-refractivity contribution is -0.143. The van der Waals surface area contributed by atoms with Gasteiger partial charge in [-0.15, -0.1) is 0 Å². The third-order valence-corrected chi connectivity index (χ3v) is 5.01. The van der Waals surface area contributed by atoms with Gasteiger partial charge in [-0.2, -0.15) is 4.99 Å². The lowest BCUT2D eigenvalue weighted by atomic mass is 10.2. The van der Waals surface area contributed by atoms with Crippen LogP contribution in [0.25, 0.3) is 10.2 Å². The van der Waals surface area contributed by atoms with E-state index in [0.29, 0.717) is 22.7 Å². The van der Waals surface area contributed by atoms with E-state index in [1.807, 2.05) is 25.1 Å². The van der Waals surface area contributed by atoms with E-state index in [-0.39, 0.29) is 18.4 Å². The Hall–Kier alpha value is -2.93. The number of esters is 1. The van der Waals surface area contributed by atoms with Gasteiger partial charge in [-0.05, 0) is 55.8 Å². The molecule has 27 heavy (non-hydrogen) atoms. The van der Waals surface area contributed by atoms with Gasteiger partial charge in [0.1, 0.15) is 12.3 Å². The van der Waals surface area contributed by atoms with Crippen LogP contribution >= 0.6 is 11.3 Å². The number of amides is 1. The summed E-state index contributed by atoms with van der Waals surface area (Å²) < 4.78 is 12.9. The molecular formula is C20H20N2O4S. The maximum atomic E-state index is 12.6. The monoisotopic (exact) mass is 384 g/mol. The fourth-order valence-corrected chi connectivity index (χ4v) is 3.77. The van der Waals surface area contributed by atoms with Crippen LogP contribution in [-0.4, -0.2) is 30.2 Å². The normalized spacial score (nSPS) is 11.6. The van der Waals surface area contributed by atoms with Crippen LogP contribution in [0, 0.1) is 6.92 Å². The summed E-state index contributed by atoms with van der Waals surface area (Å²) >= 11 is 1.37. The predicted molar refractivity (Wildman–Crippen MR) is 104 cm³/mol. The first-order valence-corrected chi connectivity index (χ1v) is 9.32. The van der Waals surface area contributed by atoms with Crippen molar-refractivity contribution in [1.29, 1.82) is 0 Å². The Morgan fingerprint density at radius 3 is 2.56 bits per heavy atom. The Bertz CT molecular complexity index is 1050. The summed E-state index contributed by atoms with van der Waals surface area (Å²) in [6.45, 7) is 4.06. The number of carbonyl (C=O) groups is 2. The Morgan fingerprint density at radius 1 is 1.15 bits per heavy atom.